The molecule has 1 aromatic heterocycles. The van der Waals surface area contributed by atoms with Gasteiger partial charge in [-0.2, -0.15) is 5.10 Å². The fourth-order valence-electron chi connectivity index (χ4n) is 2.91. The van der Waals surface area contributed by atoms with Crippen molar-refractivity contribution in [3.63, 3.8) is 0 Å². The predicted molar refractivity (Wildman–Crippen MR) is 128 cm³/mol. The van der Waals surface area contributed by atoms with Gasteiger partial charge in [0, 0.05) is 33.0 Å². The number of para-hydroxylation sites is 1. The highest BCUT2D eigenvalue weighted by Crippen LogP contribution is 2.09. The van der Waals surface area contributed by atoms with Crippen LogP contribution in [0.4, 0.5) is 0 Å². The molecule has 3 rings (SSSR count). The van der Waals surface area contributed by atoms with Crippen molar-refractivity contribution < 1.29 is 4.74 Å². The molecular weight excluding hydrogens is 477 g/mol. The Hall–Kier alpha value is -2.55. The molecule has 0 radical (unpaired) electrons. The first-order chi connectivity index (χ1) is 13.7. The molecule has 3 aromatic rings. The maximum Gasteiger partial charge on any atom is 0.193 e. The minimum Gasteiger partial charge on any atom is -0.492 e. The van der Waals surface area contributed by atoms with Crippen molar-refractivity contribution >= 4 is 29.9 Å². The first-order valence-electron chi connectivity index (χ1n) is 9.39. The molecule has 29 heavy (non-hydrogen) atoms. The summed E-state index contributed by atoms with van der Waals surface area (Å²) in [5, 5.41) is 7.68. The number of nitrogens with one attached hydrogen (secondary N) is 1. The van der Waals surface area contributed by atoms with E-state index in [4.69, 9.17) is 4.74 Å². The second kappa shape index (κ2) is 12.1. The Morgan fingerprint density at radius 2 is 1.90 bits per heavy atom. The number of ether oxygens (including phenoxy) is 1. The smallest absolute Gasteiger partial charge is 0.193 e. The van der Waals surface area contributed by atoms with Crippen LogP contribution in [-0.2, 0) is 13.1 Å². The third-order valence-electron chi connectivity index (χ3n) is 4.36. The quantitative estimate of drug-likeness (QED) is 0.289. The second-order valence-corrected chi connectivity index (χ2v) is 6.51. The molecular formula is C22H28IN5O. The van der Waals surface area contributed by atoms with Crippen molar-refractivity contribution in [3.05, 3.63) is 84.2 Å². The van der Waals surface area contributed by atoms with Gasteiger partial charge < -0.3 is 15.0 Å². The molecule has 0 bridgehead atoms. The Balaban J connectivity index is 0.00000300. The Bertz CT molecular complexity index is 868. The average molecular weight is 505 g/mol. The van der Waals surface area contributed by atoms with Gasteiger partial charge in [0.2, 0.25) is 0 Å². The predicted octanol–water partition coefficient (Wildman–Crippen LogP) is 3.64. The van der Waals surface area contributed by atoms with Gasteiger partial charge in [-0.3, -0.25) is 9.67 Å². The second-order valence-electron chi connectivity index (χ2n) is 6.51. The van der Waals surface area contributed by atoms with Gasteiger partial charge in [0.05, 0.1) is 13.1 Å². The summed E-state index contributed by atoms with van der Waals surface area (Å²) in [5.74, 6) is 1.72. The molecule has 1 heterocycles. The number of likely N-dealkylation sites (N-methyl/N-ethyl adjacent to an activating group) is 1. The number of nitrogens with zero attached hydrogens (tertiary/aromatic N) is 4. The molecule has 0 fully saturated rings. The first-order valence-corrected chi connectivity index (χ1v) is 9.39. The third kappa shape index (κ3) is 7.41. The van der Waals surface area contributed by atoms with Crippen molar-refractivity contribution in [2.45, 2.75) is 13.1 Å². The maximum absolute atomic E-state index is 5.77. The molecule has 0 atom stereocenters. The van der Waals surface area contributed by atoms with E-state index in [-0.39, 0.29) is 24.0 Å². The Kier molecular flexibility index (Phi) is 9.49. The molecule has 0 amide bonds. The van der Waals surface area contributed by atoms with Crippen LogP contribution in [0.3, 0.4) is 0 Å². The number of hydrogen-bond donors (Lipinski definition) is 1. The first kappa shape index (κ1) is 22.7. The van der Waals surface area contributed by atoms with E-state index in [1.165, 1.54) is 11.1 Å². The van der Waals surface area contributed by atoms with E-state index in [2.05, 4.69) is 44.6 Å². The number of rotatable bonds is 8. The number of guanidine groups is 1. The van der Waals surface area contributed by atoms with Crippen LogP contribution >= 0.6 is 24.0 Å². The van der Waals surface area contributed by atoms with Crippen molar-refractivity contribution in [2.75, 3.05) is 27.2 Å². The minimum atomic E-state index is 0. The summed E-state index contributed by atoms with van der Waals surface area (Å²) in [5.41, 5.74) is 2.43. The lowest BCUT2D eigenvalue weighted by Gasteiger charge is -2.22. The van der Waals surface area contributed by atoms with Crippen LogP contribution in [0.15, 0.2) is 78.0 Å². The van der Waals surface area contributed by atoms with Crippen LogP contribution in [0.5, 0.6) is 5.75 Å². The summed E-state index contributed by atoms with van der Waals surface area (Å²) < 4.78 is 7.69. The lowest BCUT2D eigenvalue weighted by Crippen LogP contribution is -2.40. The van der Waals surface area contributed by atoms with E-state index in [1.54, 1.807) is 13.2 Å². The van der Waals surface area contributed by atoms with Crippen LogP contribution < -0.4 is 10.1 Å². The molecule has 6 nitrogen and oxygen atoms in total. The van der Waals surface area contributed by atoms with Crippen LogP contribution in [-0.4, -0.2) is 47.9 Å². The fraction of sp³-hybridized carbons (Fsp3) is 0.273. The molecule has 0 saturated carbocycles. The lowest BCUT2D eigenvalue weighted by atomic mass is 10.1. The molecule has 0 aliphatic carbocycles. The van der Waals surface area contributed by atoms with Gasteiger partial charge in [-0.1, -0.05) is 42.5 Å². The zero-order valence-electron chi connectivity index (χ0n) is 16.9. The summed E-state index contributed by atoms with van der Waals surface area (Å²) in [4.78, 5) is 6.44. The number of aromatic nitrogens is 2. The van der Waals surface area contributed by atoms with Crippen molar-refractivity contribution in [1.82, 2.24) is 20.0 Å². The van der Waals surface area contributed by atoms with Gasteiger partial charge in [-0.05, 0) is 29.3 Å². The van der Waals surface area contributed by atoms with Gasteiger partial charge in [0.1, 0.15) is 12.4 Å². The lowest BCUT2D eigenvalue weighted by molar-refractivity contribution is 0.281. The molecule has 7 heteroatoms. The molecule has 2 aromatic carbocycles. The normalized spacial score (nSPS) is 10.9. The maximum atomic E-state index is 5.77. The fourth-order valence-corrected chi connectivity index (χ4v) is 2.91. The summed E-state index contributed by atoms with van der Waals surface area (Å²) in [7, 11) is 3.81. The van der Waals surface area contributed by atoms with Crippen molar-refractivity contribution in [3.8, 4) is 5.75 Å². The monoisotopic (exact) mass is 505 g/mol. The molecule has 0 spiro atoms. The topological polar surface area (TPSA) is 54.7 Å². The van der Waals surface area contributed by atoms with E-state index in [9.17, 15) is 0 Å². The number of halogens is 1. The van der Waals surface area contributed by atoms with E-state index in [1.807, 2.05) is 54.3 Å². The molecule has 0 aliphatic rings. The highest BCUT2D eigenvalue weighted by atomic mass is 127. The summed E-state index contributed by atoms with van der Waals surface area (Å²) in [6, 6.07) is 20.3. The molecule has 154 valence electrons. The number of benzene rings is 2. The molecule has 0 unspecified atom stereocenters. The summed E-state index contributed by atoms with van der Waals surface area (Å²) in [6.45, 7) is 2.82. The summed E-state index contributed by atoms with van der Waals surface area (Å²) >= 11 is 0. The Morgan fingerprint density at radius 1 is 1.10 bits per heavy atom. The molecule has 0 aliphatic heterocycles. The van der Waals surface area contributed by atoms with Gasteiger partial charge in [-0.15, -0.1) is 24.0 Å². The Morgan fingerprint density at radius 3 is 2.62 bits per heavy atom. The van der Waals surface area contributed by atoms with Crippen LogP contribution in [0.2, 0.25) is 0 Å². The number of aliphatic imine (C=N–C) groups is 1. The van der Waals surface area contributed by atoms with Crippen LogP contribution in [0.25, 0.3) is 0 Å². The highest BCUT2D eigenvalue weighted by molar-refractivity contribution is 14.0. The minimum absolute atomic E-state index is 0. The van der Waals surface area contributed by atoms with E-state index >= 15 is 0 Å². The Labute approximate surface area is 189 Å². The van der Waals surface area contributed by atoms with Gasteiger partial charge >= 0.3 is 0 Å². The van der Waals surface area contributed by atoms with Crippen molar-refractivity contribution in [1.29, 1.82) is 0 Å². The van der Waals surface area contributed by atoms with Crippen LogP contribution in [0.1, 0.15) is 11.1 Å². The van der Waals surface area contributed by atoms with Gasteiger partial charge in [-0.25, -0.2) is 0 Å². The molecule has 0 saturated heterocycles. The number of hydrogen-bond acceptors (Lipinski definition) is 3. The third-order valence-corrected chi connectivity index (χ3v) is 4.36. The zero-order valence-corrected chi connectivity index (χ0v) is 19.2. The van der Waals surface area contributed by atoms with Crippen molar-refractivity contribution in [2.24, 2.45) is 4.99 Å². The highest BCUT2D eigenvalue weighted by Gasteiger charge is 2.06. The van der Waals surface area contributed by atoms with E-state index in [0.29, 0.717) is 13.2 Å². The van der Waals surface area contributed by atoms with Gasteiger partial charge in [0.15, 0.2) is 5.96 Å². The zero-order chi connectivity index (χ0) is 19.6. The van der Waals surface area contributed by atoms with E-state index < -0.39 is 0 Å². The summed E-state index contributed by atoms with van der Waals surface area (Å²) in [6.07, 6.45) is 3.77. The van der Waals surface area contributed by atoms with Crippen LogP contribution in [0, 0.1) is 0 Å². The standard InChI is InChI=1S/C22H27N5O.HI/c1-23-22(26(2)14-15-28-21-10-4-3-5-11-21)24-17-19-8-6-9-20(16-19)18-27-13-7-12-25-27;/h3-13,16H,14-15,17-18H2,1-2H3,(H,23,24);1H. The van der Waals surface area contributed by atoms with Gasteiger partial charge in [0.25, 0.3) is 0 Å². The largest absolute Gasteiger partial charge is 0.492 e. The SMILES string of the molecule is CN=C(NCc1cccc(Cn2cccn2)c1)N(C)CCOc1ccccc1.I. The molecule has 1 N–H and O–H groups in total. The van der Waals surface area contributed by atoms with E-state index in [0.717, 1.165) is 24.8 Å². The average Bonchev–Trinajstić information content (AvgIpc) is 3.22.